The van der Waals surface area contributed by atoms with Crippen LogP contribution < -0.4 is 0 Å². The highest BCUT2D eigenvalue weighted by Gasteiger charge is 2.52. The van der Waals surface area contributed by atoms with Gasteiger partial charge in [0.05, 0.1) is 5.88 Å². The molecular formula is C14H19ClO9. The van der Waals surface area contributed by atoms with E-state index in [1.54, 1.807) is 0 Å². The van der Waals surface area contributed by atoms with Crippen LogP contribution in [-0.4, -0.2) is 60.5 Å². The third-order valence-electron chi connectivity index (χ3n) is 2.93. The molecule has 136 valence electrons. The van der Waals surface area contributed by atoms with Crippen molar-refractivity contribution in [3.05, 3.63) is 0 Å². The van der Waals surface area contributed by atoms with Crippen molar-refractivity contribution in [1.82, 2.24) is 0 Å². The van der Waals surface area contributed by atoms with Gasteiger partial charge in [-0.1, -0.05) is 0 Å². The second kappa shape index (κ2) is 8.84. The second-order valence-electron chi connectivity index (χ2n) is 5.03. The van der Waals surface area contributed by atoms with Crippen LogP contribution in [0.4, 0.5) is 0 Å². The first-order chi connectivity index (χ1) is 11.1. The number of carbonyl (C=O) groups is 4. The molecule has 0 N–H and O–H groups in total. The van der Waals surface area contributed by atoms with Gasteiger partial charge in [0.15, 0.2) is 12.2 Å². The largest absolute Gasteiger partial charge is 0.456 e. The van der Waals surface area contributed by atoms with Crippen molar-refractivity contribution in [2.45, 2.75) is 58.4 Å². The summed E-state index contributed by atoms with van der Waals surface area (Å²) in [4.78, 5) is 45.4. The molecule has 1 aliphatic heterocycles. The number of hydrogen-bond donors (Lipinski definition) is 0. The standard InChI is InChI=1S/C14H19ClO9/c1-6(16)20-11-10(5-15)24-14(23-9(4)19)13(22-8(3)18)12(11)21-7(2)17/h10-14H,5H2,1-4H3/t10-,11-,12+,13-,14+/m1/s1. The lowest BCUT2D eigenvalue weighted by Gasteiger charge is -2.43. The van der Waals surface area contributed by atoms with E-state index < -0.39 is 54.6 Å². The molecule has 0 amide bonds. The van der Waals surface area contributed by atoms with E-state index in [1.807, 2.05) is 0 Å². The molecule has 24 heavy (non-hydrogen) atoms. The smallest absolute Gasteiger partial charge is 0.305 e. The molecule has 0 aromatic carbocycles. The molecule has 0 unspecified atom stereocenters. The molecule has 1 rings (SSSR count). The summed E-state index contributed by atoms with van der Waals surface area (Å²) in [6, 6.07) is 0. The Morgan fingerprint density at radius 1 is 0.750 bits per heavy atom. The van der Waals surface area contributed by atoms with Crippen molar-refractivity contribution >= 4 is 35.5 Å². The summed E-state index contributed by atoms with van der Waals surface area (Å²) >= 11 is 5.81. The highest BCUT2D eigenvalue weighted by Crippen LogP contribution is 2.30. The highest BCUT2D eigenvalue weighted by atomic mass is 35.5. The molecule has 1 heterocycles. The molecule has 0 aliphatic carbocycles. The van der Waals surface area contributed by atoms with E-state index >= 15 is 0 Å². The normalized spacial score (nSPS) is 29.3. The van der Waals surface area contributed by atoms with Crippen LogP contribution in [0.15, 0.2) is 0 Å². The molecule has 5 atom stereocenters. The summed E-state index contributed by atoms with van der Waals surface area (Å²) in [7, 11) is 0. The van der Waals surface area contributed by atoms with Crippen LogP contribution >= 0.6 is 11.6 Å². The van der Waals surface area contributed by atoms with Crippen molar-refractivity contribution in [2.24, 2.45) is 0 Å². The minimum absolute atomic E-state index is 0.153. The molecule has 0 aromatic rings. The van der Waals surface area contributed by atoms with Crippen LogP contribution in [-0.2, 0) is 42.9 Å². The molecule has 0 radical (unpaired) electrons. The first-order valence-corrected chi connectivity index (χ1v) is 7.59. The van der Waals surface area contributed by atoms with Crippen molar-refractivity contribution in [1.29, 1.82) is 0 Å². The molecule has 9 nitrogen and oxygen atoms in total. The fourth-order valence-corrected chi connectivity index (χ4v) is 2.49. The summed E-state index contributed by atoms with van der Waals surface area (Å²) in [5, 5.41) is 0. The van der Waals surface area contributed by atoms with Gasteiger partial charge in [-0.25, -0.2) is 0 Å². The van der Waals surface area contributed by atoms with Gasteiger partial charge in [-0.05, 0) is 0 Å². The van der Waals surface area contributed by atoms with Crippen molar-refractivity contribution in [2.75, 3.05) is 5.88 Å². The number of esters is 4. The topological polar surface area (TPSA) is 114 Å². The Morgan fingerprint density at radius 3 is 1.58 bits per heavy atom. The molecule has 0 aromatic heterocycles. The molecule has 0 bridgehead atoms. The van der Waals surface area contributed by atoms with E-state index in [-0.39, 0.29) is 5.88 Å². The molecule has 1 saturated heterocycles. The number of hydrogen-bond acceptors (Lipinski definition) is 9. The Kier molecular flexibility index (Phi) is 7.43. The third kappa shape index (κ3) is 5.64. The van der Waals surface area contributed by atoms with Gasteiger partial charge >= 0.3 is 23.9 Å². The lowest BCUT2D eigenvalue weighted by Crippen LogP contribution is -2.62. The summed E-state index contributed by atoms with van der Waals surface area (Å²) in [6.07, 6.45) is -6.03. The van der Waals surface area contributed by atoms with Gasteiger partial charge in [-0.3, -0.25) is 19.2 Å². The summed E-state index contributed by atoms with van der Waals surface area (Å²) in [6.45, 7) is 4.52. The quantitative estimate of drug-likeness (QED) is 0.385. The minimum Gasteiger partial charge on any atom is -0.456 e. The lowest BCUT2D eigenvalue weighted by atomic mass is 9.98. The van der Waals surface area contributed by atoms with E-state index in [4.69, 9.17) is 35.3 Å². The van der Waals surface area contributed by atoms with Gasteiger partial charge in [0.25, 0.3) is 0 Å². The van der Waals surface area contributed by atoms with Gasteiger partial charge < -0.3 is 23.7 Å². The van der Waals surface area contributed by atoms with E-state index in [1.165, 1.54) is 0 Å². The van der Waals surface area contributed by atoms with Gasteiger partial charge in [0.2, 0.25) is 12.4 Å². The Labute approximate surface area is 143 Å². The van der Waals surface area contributed by atoms with Crippen molar-refractivity contribution in [3.8, 4) is 0 Å². The van der Waals surface area contributed by atoms with E-state index in [9.17, 15) is 19.2 Å². The highest BCUT2D eigenvalue weighted by molar-refractivity contribution is 6.18. The second-order valence-corrected chi connectivity index (χ2v) is 5.34. The number of alkyl halides is 1. The molecule has 10 heteroatoms. The Morgan fingerprint density at radius 2 is 1.17 bits per heavy atom. The third-order valence-corrected chi connectivity index (χ3v) is 3.24. The summed E-state index contributed by atoms with van der Waals surface area (Å²) in [5.41, 5.74) is 0. The van der Waals surface area contributed by atoms with Crippen molar-refractivity contribution in [3.63, 3.8) is 0 Å². The fourth-order valence-electron chi connectivity index (χ4n) is 2.24. The molecule has 1 aliphatic rings. The minimum atomic E-state index is -1.37. The fraction of sp³-hybridized carbons (Fsp3) is 0.714. The molecule has 1 fully saturated rings. The summed E-state index contributed by atoms with van der Waals surface area (Å²) in [5.74, 6) is -2.99. The SMILES string of the molecule is CC(=O)O[C@H]1O[C@H](CCl)[C@@H](OC(C)=O)[C@H](OC(C)=O)[C@H]1OC(C)=O. The zero-order chi connectivity index (χ0) is 18.4. The van der Waals surface area contributed by atoms with Crippen LogP contribution in [0.25, 0.3) is 0 Å². The van der Waals surface area contributed by atoms with Crippen molar-refractivity contribution < 1.29 is 42.9 Å². The van der Waals surface area contributed by atoms with E-state index in [2.05, 4.69) is 0 Å². The molecular weight excluding hydrogens is 348 g/mol. The Balaban J connectivity index is 3.23. The zero-order valence-electron chi connectivity index (χ0n) is 13.6. The van der Waals surface area contributed by atoms with Crippen LogP contribution in [0.2, 0.25) is 0 Å². The molecule has 0 saturated carbocycles. The predicted molar refractivity (Wildman–Crippen MR) is 77.8 cm³/mol. The van der Waals surface area contributed by atoms with E-state index in [0.717, 1.165) is 27.7 Å². The maximum Gasteiger partial charge on any atom is 0.305 e. The van der Waals surface area contributed by atoms with Gasteiger partial charge in [0.1, 0.15) is 6.10 Å². The monoisotopic (exact) mass is 366 g/mol. The van der Waals surface area contributed by atoms with Crippen LogP contribution in [0.5, 0.6) is 0 Å². The van der Waals surface area contributed by atoms with Gasteiger partial charge in [-0.2, -0.15) is 0 Å². The van der Waals surface area contributed by atoms with Crippen LogP contribution in [0.1, 0.15) is 27.7 Å². The maximum atomic E-state index is 11.4. The van der Waals surface area contributed by atoms with Crippen LogP contribution in [0, 0.1) is 0 Å². The van der Waals surface area contributed by atoms with Gasteiger partial charge in [-0.15, -0.1) is 11.6 Å². The maximum absolute atomic E-state index is 11.4. The van der Waals surface area contributed by atoms with Gasteiger partial charge in [0, 0.05) is 27.7 Å². The lowest BCUT2D eigenvalue weighted by molar-refractivity contribution is -0.292. The summed E-state index contributed by atoms with van der Waals surface area (Å²) < 4.78 is 25.8. The number of halogens is 1. The first kappa shape index (κ1) is 20.2. The average molecular weight is 367 g/mol. The number of rotatable bonds is 5. The number of carbonyl (C=O) groups excluding carboxylic acids is 4. The molecule has 0 spiro atoms. The van der Waals surface area contributed by atoms with Crippen LogP contribution in [0.3, 0.4) is 0 Å². The first-order valence-electron chi connectivity index (χ1n) is 7.06. The predicted octanol–water partition coefficient (Wildman–Crippen LogP) is 0.308. The Bertz CT molecular complexity index is 506. The number of ether oxygens (including phenoxy) is 5. The van der Waals surface area contributed by atoms with E-state index in [0.29, 0.717) is 0 Å². The average Bonchev–Trinajstić information content (AvgIpc) is 2.42. The Hall–Kier alpha value is -1.87. The zero-order valence-corrected chi connectivity index (χ0v) is 14.4.